The van der Waals surface area contributed by atoms with Crippen LogP contribution in [0.3, 0.4) is 0 Å². The number of nitriles is 1. The van der Waals surface area contributed by atoms with Gasteiger partial charge in [0.25, 0.3) is 0 Å². The Kier molecular flexibility index (Phi) is 4.11. The number of hydrogen-bond acceptors (Lipinski definition) is 4. The second kappa shape index (κ2) is 5.98. The molecule has 0 aliphatic heterocycles. The minimum atomic E-state index is 0.422. The summed E-state index contributed by atoms with van der Waals surface area (Å²) in [6.07, 6.45) is 0. The summed E-state index contributed by atoms with van der Waals surface area (Å²) in [6.45, 7) is 2.36. The molecule has 96 valence electrons. The highest BCUT2D eigenvalue weighted by atomic mass is 16.5. The normalized spacial score (nSPS) is 9.95. The van der Waals surface area contributed by atoms with Crippen LogP contribution in [0.1, 0.15) is 16.8 Å². The van der Waals surface area contributed by atoms with Gasteiger partial charge in [-0.15, -0.1) is 0 Å². The zero-order valence-corrected chi connectivity index (χ0v) is 10.9. The first kappa shape index (κ1) is 13.1. The fraction of sp³-hybridized carbons (Fsp3) is 0.200. The molecule has 0 saturated carbocycles. The molecule has 0 atom stereocenters. The zero-order chi connectivity index (χ0) is 13.7. The summed E-state index contributed by atoms with van der Waals surface area (Å²) in [5.41, 5.74) is 2.31. The van der Waals surface area contributed by atoms with Gasteiger partial charge in [0.05, 0.1) is 18.2 Å². The molecule has 0 unspecified atom stereocenters. The average Bonchev–Trinajstić information content (AvgIpc) is 2.39. The van der Waals surface area contributed by atoms with Crippen LogP contribution in [0.25, 0.3) is 0 Å². The Morgan fingerprint density at radius 1 is 1.26 bits per heavy atom. The Balaban J connectivity index is 2.23. The van der Waals surface area contributed by atoms with Crippen LogP contribution < -0.4 is 4.74 Å². The van der Waals surface area contributed by atoms with Crippen LogP contribution in [-0.2, 0) is 11.3 Å². The quantitative estimate of drug-likeness (QED) is 0.840. The number of aromatic nitrogens is 1. The first-order chi connectivity index (χ1) is 9.21. The SMILES string of the molecule is COCc1cccc(Oc2cc(C#N)cc(C)n2)c1. The number of nitrogens with zero attached hydrogens (tertiary/aromatic N) is 2. The number of ether oxygens (including phenoxy) is 2. The van der Waals surface area contributed by atoms with Crippen LogP contribution in [0.4, 0.5) is 0 Å². The van der Waals surface area contributed by atoms with Crippen molar-refractivity contribution >= 4 is 0 Å². The third kappa shape index (κ3) is 3.54. The smallest absolute Gasteiger partial charge is 0.220 e. The van der Waals surface area contributed by atoms with E-state index < -0.39 is 0 Å². The first-order valence-corrected chi connectivity index (χ1v) is 5.86. The van der Waals surface area contributed by atoms with Gasteiger partial charge < -0.3 is 9.47 Å². The van der Waals surface area contributed by atoms with Gasteiger partial charge in [-0.3, -0.25) is 0 Å². The number of methoxy groups -OCH3 is 1. The van der Waals surface area contributed by atoms with Gasteiger partial charge in [0.2, 0.25) is 5.88 Å². The van der Waals surface area contributed by atoms with Gasteiger partial charge in [-0.25, -0.2) is 4.98 Å². The Morgan fingerprint density at radius 2 is 2.11 bits per heavy atom. The third-order valence-electron chi connectivity index (χ3n) is 2.49. The molecule has 0 amide bonds. The van der Waals surface area contributed by atoms with E-state index in [0.29, 0.717) is 23.8 Å². The van der Waals surface area contributed by atoms with Gasteiger partial charge in [-0.2, -0.15) is 5.26 Å². The van der Waals surface area contributed by atoms with Gasteiger partial charge in [-0.05, 0) is 30.7 Å². The number of aryl methyl sites for hydroxylation is 1. The highest BCUT2D eigenvalue weighted by molar-refractivity contribution is 5.37. The molecule has 19 heavy (non-hydrogen) atoms. The fourth-order valence-electron chi connectivity index (χ4n) is 1.74. The second-order valence-electron chi connectivity index (χ2n) is 4.13. The molecule has 0 bridgehead atoms. The molecule has 1 aromatic carbocycles. The van der Waals surface area contributed by atoms with Crippen molar-refractivity contribution in [2.24, 2.45) is 0 Å². The molecule has 1 heterocycles. The molecule has 2 rings (SSSR count). The van der Waals surface area contributed by atoms with E-state index in [2.05, 4.69) is 11.1 Å². The lowest BCUT2D eigenvalue weighted by atomic mass is 10.2. The van der Waals surface area contributed by atoms with Crippen molar-refractivity contribution in [3.63, 3.8) is 0 Å². The molecule has 0 radical (unpaired) electrons. The molecule has 0 aliphatic carbocycles. The van der Waals surface area contributed by atoms with Gasteiger partial charge in [0.1, 0.15) is 5.75 Å². The summed E-state index contributed by atoms with van der Waals surface area (Å²) in [5, 5.41) is 8.92. The van der Waals surface area contributed by atoms with E-state index in [1.165, 1.54) is 0 Å². The van der Waals surface area contributed by atoms with Crippen molar-refractivity contribution in [2.75, 3.05) is 7.11 Å². The number of benzene rings is 1. The molecule has 0 fully saturated rings. The van der Waals surface area contributed by atoms with Crippen LogP contribution in [0.2, 0.25) is 0 Å². The van der Waals surface area contributed by atoms with Crippen molar-refractivity contribution < 1.29 is 9.47 Å². The minimum absolute atomic E-state index is 0.422. The van der Waals surface area contributed by atoms with E-state index in [1.54, 1.807) is 19.2 Å². The molecule has 2 aromatic rings. The average molecular weight is 254 g/mol. The highest BCUT2D eigenvalue weighted by Crippen LogP contribution is 2.22. The van der Waals surface area contributed by atoms with E-state index in [9.17, 15) is 0 Å². The maximum absolute atomic E-state index is 8.92. The van der Waals surface area contributed by atoms with Crippen molar-refractivity contribution in [1.82, 2.24) is 4.98 Å². The molecule has 0 saturated heterocycles. The Hall–Kier alpha value is -2.38. The van der Waals surface area contributed by atoms with E-state index >= 15 is 0 Å². The van der Waals surface area contributed by atoms with Crippen LogP contribution in [0, 0.1) is 18.3 Å². The van der Waals surface area contributed by atoms with Crippen molar-refractivity contribution in [2.45, 2.75) is 13.5 Å². The maximum atomic E-state index is 8.92. The van der Waals surface area contributed by atoms with Gasteiger partial charge in [-0.1, -0.05) is 12.1 Å². The lowest BCUT2D eigenvalue weighted by Gasteiger charge is -2.07. The van der Waals surface area contributed by atoms with E-state index in [0.717, 1.165) is 11.3 Å². The summed E-state index contributed by atoms with van der Waals surface area (Å²) in [4.78, 5) is 4.25. The lowest BCUT2D eigenvalue weighted by molar-refractivity contribution is 0.184. The van der Waals surface area contributed by atoms with Crippen LogP contribution in [-0.4, -0.2) is 12.1 Å². The Bertz CT molecular complexity index is 618. The molecule has 0 aliphatic rings. The molecular formula is C15H14N2O2. The van der Waals surface area contributed by atoms with Crippen molar-refractivity contribution in [1.29, 1.82) is 5.26 Å². The largest absolute Gasteiger partial charge is 0.439 e. The Labute approximate surface area is 112 Å². The molecular weight excluding hydrogens is 240 g/mol. The summed E-state index contributed by atoms with van der Waals surface area (Å²) in [7, 11) is 1.65. The molecule has 0 N–H and O–H groups in total. The van der Waals surface area contributed by atoms with E-state index in [-0.39, 0.29) is 0 Å². The third-order valence-corrected chi connectivity index (χ3v) is 2.49. The van der Waals surface area contributed by atoms with E-state index in [4.69, 9.17) is 14.7 Å². The predicted molar refractivity (Wildman–Crippen MR) is 70.9 cm³/mol. The van der Waals surface area contributed by atoms with Crippen LogP contribution in [0.5, 0.6) is 11.6 Å². The van der Waals surface area contributed by atoms with E-state index in [1.807, 2.05) is 31.2 Å². The summed E-state index contributed by atoms with van der Waals surface area (Å²) in [5.74, 6) is 1.10. The van der Waals surface area contributed by atoms with Crippen LogP contribution >= 0.6 is 0 Å². The van der Waals surface area contributed by atoms with Gasteiger partial charge in [0.15, 0.2) is 0 Å². The highest BCUT2D eigenvalue weighted by Gasteiger charge is 2.03. The summed E-state index contributed by atoms with van der Waals surface area (Å²) < 4.78 is 10.7. The summed E-state index contributed by atoms with van der Waals surface area (Å²) in [6, 6.07) is 13.0. The maximum Gasteiger partial charge on any atom is 0.220 e. The number of rotatable bonds is 4. The molecule has 0 spiro atoms. The summed E-state index contributed by atoms with van der Waals surface area (Å²) >= 11 is 0. The number of hydrogen-bond donors (Lipinski definition) is 0. The lowest BCUT2D eigenvalue weighted by Crippen LogP contribution is -1.93. The van der Waals surface area contributed by atoms with Crippen LogP contribution in [0.15, 0.2) is 36.4 Å². The minimum Gasteiger partial charge on any atom is -0.439 e. The van der Waals surface area contributed by atoms with Crippen molar-refractivity contribution in [3.05, 3.63) is 53.2 Å². The van der Waals surface area contributed by atoms with Gasteiger partial charge in [0, 0.05) is 18.9 Å². The van der Waals surface area contributed by atoms with Gasteiger partial charge >= 0.3 is 0 Å². The monoisotopic (exact) mass is 254 g/mol. The Morgan fingerprint density at radius 3 is 2.84 bits per heavy atom. The predicted octanol–water partition coefficient (Wildman–Crippen LogP) is 3.20. The molecule has 4 nitrogen and oxygen atoms in total. The standard InChI is InChI=1S/C15H14N2O2/c1-11-6-13(9-16)8-15(17-11)19-14-5-3-4-12(7-14)10-18-2/h3-8H,10H2,1-2H3. The fourth-order valence-corrected chi connectivity index (χ4v) is 1.74. The molecule has 4 heteroatoms. The topological polar surface area (TPSA) is 55.1 Å². The first-order valence-electron chi connectivity index (χ1n) is 5.86. The zero-order valence-electron chi connectivity index (χ0n) is 10.9. The van der Waals surface area contributed by atoms with Crippen molar-refractivity contribution in [3.8, 4) is 17.7 Å². The molecule has 1 aromatic heterocycles. The number of pyridine rings is 1. The second-order valence-corrected chi connectivity index (χ2v) is 4.13.